The van der Waals surface area contributed by atoms with Crippen LogP contribution in [0, 0.1) is 13.8 Å². The minimum atomic E-state index is -1.03. The van der Waals surface area contributed by atoms with E-state index in [1.807, 2.05) is 62.4 Å². The number of rotatable bonds is 5. The van der Waals surface area contributed by atoms with Gasteiger partial charge in [-0.05, 0) is 49.4 Å². The largest absolute Gasteiger partial charge is 0.481 e. The molecule has 6 nitrogen and oxygen atoms in total. The monoisotopic (exact) mass is 494 g/mol. The minimum absolute atomic E-state index is 0.00580. The molecule has 6 heteroatoms. The number of carboxylic acid groups (broad SMARTS) is 1. The zero-order chi connectivity index (χ0) is 26.1. The molecule has 5 rings (SSSR count). The number of allylic oxidation sites excluding steroid dienone is 1. The average molecular weight is 495 g/mol. The van der Waals surface area contributed by atoms with Crippen molar-refractivity contribution >= 4 is 29.0 Å². The van der Waals surface area contributed by atoms with E-state index in [4.69, 9.17) is 0 Å². The van der Waals surface area contributed by atoms with Crippen LogP contribution in [0.2, 0.25) is 0 Å². The molecule has 0 saturated carbocycles. The summed E-state index contributed by atoms with van der Waals surface area (Å²) in [6.45, 7) is 4.04. The molecule has 0 fully saturated rings. The van der Waals surface area contributed by atoms with E-state index >= 15 is 0 Å². The summed E-state index contributed by atoms with van der Waals surface area (Å²) in [6.07, 6.45) is 0.549. The summed E-state index contributed by atoms with van der Waals surface area (Å²) in [6, 6.07) is 23.0. The third-order valence-electron chi connectivity index (χ3n) is 7.25. The zero-order valence-electron chi connectivity index (χ0n) is 21.0. The number of carbonyl (C=O) groups is 3. The second-order valence-corrected chi connectivity index (χ2v) is 9.94. The van der Waals surface area contributed by atoms with Gasteiger partial charge in [-0.25, -0.2) is 0 Å². The smallest absolute Gasteiger partial charge is 0.303 e. The fraction of sp³-hybridized carbons (Fsp3) is 0.258. The molecule has 1 aliphatic heterocycles. The molecule has 0 spiro atoms. The Kier molecular flexibility index (Phi) is 6.66. The third kappa shape index (κ3) is 4.92. The lowest BCUT2D eigenvalue weighted by Gasteiger charge is -2.35. The van der Waals surface area contributed by atoms with Gasteiger partial charge in [0.2, 0.25) is 5.91 Å². The first-order chi connectivity index (χ1) is 17.8. The molecule has 2 N–H and O–H groups in total. The highest BCUT2D eigenvalue weighted by Gasteiger charge is 2.41. The average Bonchev–Trinajstić information content (AvgIpc) is 3.03. The van der Waals surface area contributed by atoms with Crippen LogP contribution in [0.3, 0.4) is 0 Å². The fourth-order valence-corrected chi connectivity index (χ4v) is 5.34. The number of Topliss-reactive ketones (excluding diaryl/α,β-unsaturated/α-hetero) is 1. The molecule has 188 valence electrons. The van der Waals surface area contributed by atoms with Crippen LogP contribution in [0.4, 0.5) is 11.4 Å². The van der Waals surface area contributed by atoms with Gasteiger partial charge in [0.05, 0.1) is 23.8 Å². The first-order valence-electron chi connectivity index (χ1n) is 12.6. The van der Waals surface area contributed by atoms with E-state index in [1.165, 1.54) is 5.56 Å². The number of carbonyl (C=O) groups excluding carboxylic acids is 2. The van der Waals surface area contributed by atoms with Gasteiger partial charge in [0.25, 0.3) is 0 Å². The molecular weight excluding hydrogens is 464 g/mol. The van der Waals surface area contributed by atoms with Crippen LogP contribution in [0.1, 0.15) is 59.9 Å². The van der Waals surface area contributed by atoms with Crippen molar-refractivity contribution in [1.29, 1.82) is 0 Å². The van der Waals surface area contributed by atoms with Crippen LogP contribution in [0.15, 0.2) is 84.1 Å². The summed E-state index contributed by atoms with van der Waals surface area (Å²) in [5, 5.41) is 12.8. The van der Waals surface area contributed by atoms with Crippen LogP contribution >= 0.6 is 0 Å². The van der Waals surface area contributed by atoms with Crippen molar-refractivity contribution in [2.24, 2.45) is 0 Å². The summed E-state index contributed by atoms with van der Waals surface area (Å²) in [5.74, 6) is -1.34. The minimum Gasteiger partial charge on any atom is -0.481 e. The maximum Gasteiger partial charge on any atom is 0.303 e. The number of anilines is 2. The van der Waals surface area contributed by atoms with Gasteiger partial charge in [-0.2, -0.15) is 0 Å². The number of aryl methyl sites for hydroxylation is 2. The predicted octanol–water partition coefficient (Wildman–Crippen LogP) is 6.07. The molecule has 2 aliphatic rings. The van der Waals surface area contributed by atoms with Crippen molar-refractivity contribution in [3.05, 3.63) is 106 Å². The Bertz CT molecular complexity index is 1390. The van der Waals surface area contributed by atoms with Gasteiger partial charge in [0, 0.05) is 24.1 Å². The van der Waals surface area contributed by atoms with Crippen molar-refractivity contribution in [2.45, 2.75) is 51.5 Å². The highest BCUT2D eigenvalue weighted by atomic mass is 16.4. The van der Waals surface area contributed by atoms with Crippen LogP contribution < -0.4 is 10.2 Å². The lowest BCUT2D eigenvalue weighted by molar-refractivity contribution is -0.138. The number of nitrogens with one attached hydrogen (secondary N) is 1. The first-order valence-corrected chi connectivity index (χ1v) is 12.6. The Morgan fingerprint density at radius 2 is 1.49 bits per heavy atom. The van der Waals surface area contributed by atoms with E-state index in [9.17, 15) is 19.5 Å². The molecule has 1 amide bonds. The highest BCUT2D eigenvalue weighted by Crippen LogP contribution is 2.47. The number of amides is 1. The number of hydrogen-bond acceptors (Lipinski definition) is 4. The van der Waals surface area contributed by atoms with Gasteiger partial charge in [-0.15, -0.1) is 0 Å². The number of nitrogens with zero attached hydrogens (tertiary/aromatic N) is 1. The number of carboxylic acids is 1. The maximum absolute atomic E-state index is 13.9. The summed E-state index contributed by atoms with van der Waals surface area (Å²) >= 11 is 0. The zero-order valence-corrected chi connectivity index (χ0v) is 21.0. The molecule has 0 radical (unpaired) electrons. The Labute approximate surface area is 216 Å². The third-order valence-corrected chi connectivity index (χ3v) is 7.25. The maximum atomic E-state index is 13.9. The Balaban J connectivity index is 1.67. The Morgan fingerprint density at radius 3 is 2.14 bits per heavy atom. The Hall–Kier alpha value is -4.19. The van der Waals surface area contributed by atoms with E-state index < -0.39 is 12.0 Å². The number of para-hydroxylation sites is 2. The Morgan fingerprint density at radius 1 is 0.865 bits per heavy atom. The topological polar surface area (TPSA) is 86.7 Å². The molecule has 0 aromatic heterocycles. The summed E-state index contributed by atoms with van der Waals surface area (Å²) < 4.78 is 0. The van der Waals surface area contributed by atoms with Crippen molar-refractivity contribution in [2.75, 3.05) is 10.2 Å². The van der Waals surface area contributed by atoms with Crippen molar-refractivity contribution < 1.29 is 19.5 Å². The van der Waals surface area contributed by atoms with Crippen LogP contribution in [-0.4, -0.2) is 22.8 Å². The quantitative estimate of drug-likeness (QED) is 0.450. The van der Waals surface area contributed by atoms with Crippen LogP contribution in [0.25, 0.3) is 0 Å². The fourth-order valence-electron chi connectivity index (χ4n) is 5.34. The highest BCUT2D eigenvalue weighted by molar-refractivity contribution is 6.06. The second kappa shape index (κ2) is 10.1. The first kappa shape index (κ1) is 24.5. The van der Waals surface area contributed by atoms with Crippen LogP contribution in [-0.2, 0) is 14.4 Å². The lowest BCUT2D eigenvalue weighted by atomic mass is 9.78. The molecular formula is C31H30N2O4. The number of fused-ring (bicyclic) bond motifs is 1. The second-order valence-electron chi connectivity index (χ2n) is 9.94. The molecule has 1 aliphatic carbocycles. The van der Waals surface area contributed by atoms with E-state index in [0.29, 0.717) is 24.1 Å². The molecule has 3 aromatic carbocycles. The number of benzene rings is 3. The van der Waals surface area contributed by atoms with Crippen molar-refractivity contribution in [3.8, 4) is 0 Å². The van der Waals surface area contributed by atoms with Crippen molar-refractivity contribution in [1.82, 2.24) is 0 Å². The van der Waals surface area contributed by atoms with E-state index in [1.54, 1.807) is 4.90 Å². The van der Waals surface area contributed by atoms with Gasteiger partial charge in [-0.1, -0.05) is 71.8 Å². The van der Waals surface area contributed by atoms with E-state index in [0.717, 1.165) is 28.1 Å². The molecule has 0 unspecified atom stereocenters. The lowest BCUT2D eigenvalue weighted by Crippen LogP contribution is -2.38. The number of hydrogen-bond donors (Lipinski definition) is 2. The van der Waals surface area contributed by atoms with Crippen molar-refractivity contribution in [3.63, 3.8) is 0 Å². The van der Waals surface area contributed by atoms with Gasteiger partial charge in [-0.3, -0.25) is 19.3 Å². The normalized spacial score (nSPS) is 19.0. The van der Waals surface area contributed by atoms with Gasteiger partial charge < -0.3 is 10.4 Å². The van der Waals surface area contributed by atoms with Gasteiger partial charge >= 0.3 is 5.97 Å². The van der Waals surface area contributed by atoms with E-state index in [-0.39, 0.29) is 30.4 Å². The van der Waals surface area contributed by atoms with Crippen LogP contribution in [0.5, 0.6) is 0 Å². The summed E-state index contributed by atoms with van der Waals surface area (Å²) in [5.41, 5.74) is 6.93. The van der Waals surface area contributed by atoms with Gasteiger partial charge in [0.15, 0.2) is 5.78 Å². The molecule has 0 bridgehead atoms. The molecule has 37 heavy (non-hydrogen) atoms. The summed E-state index contributed by atoms with van der Waals surface area (Å²) in [4.78, 5) is 40.5. The number of ketones is 1. The molecule has 0 saturated heterocycles. The summed E-state index contributed by atoms with van der Waals surface area (Å²) in [7, 11) is 0. The molecule has 1 heterocycles. The molecule has 3 aromatic rings. The van der Waals surface area contributed by atoms with Gasteiger partial charge in [0.1, 0.15) is 0 Å². The molecule has 2 atom stereocenters. The predicted molar refractivity (Wildman–Crippen MR) is 144 cm³/mol. The number of aliphatic carboxylic acids is 1. The SMILES string of the molecule is Cc1ccc([C@@H]2CC(=O)C3=C(C2)Nc2ccccc2N(C(=O)CCC(=O)O)[C@H]3c2ccc(C)cc2)cc1. The van der Waals surface area contributed by atoms with E-state index in [2.05, 4.69) is 29.6 Å². The standard InChI is InChI=1S/C31H30N2O4/c1-19-7-11-21(12-8-19)23-17-25-30(27(34)18-23)31(22-13-9-20(2)10-14-22)33(28(35)15-16-29(36)37)26-6-4-3-5-24(26)32-25/h3-14,23,31-32H,15-18H2,1-2H3,(H,36,37)/t23-,31-/m0/s1.